The molecule has 0 spiro atoms. The molecule has 2 aromatic carbocycles. The van der Waals surface area contributed by atoms with Crippen molar-refractivity contribution in [1.82, 2.24) is 10.2 Å². The lowest BCUT2D eigenvalue weighted by molar-refractivity contribution is 0.0134. The number of nitrogens with one attached hydrogen (secondary N) is 2. The summed E-state index contributed by atoms with van der Waals surface area (Å²) in [5, 5.41) is 6.00. The second kappa shape index (κ2) is 11.6. The summed E-state index contributed by atoms with van der Waals surface area (Å²) in [7, 11) is 0. The monoisotopic (exact) mass is 467 g/mol. The highest BCUT2D eigenvalue weighted by Gasteiger charge is 2.30. The number of piperidine rings is 1. The van der Waals surface area contributed by atoms with E-state index in [0.29, 0.717) is 30.4 Å². The van der Waals surface area contributed by atoms with Gasteiger partial charge in [0.05, 0.1) is 6.61 Å². The molecule has 0 aliphatic carbocycles. The molecule has 2 amide bonds. The van der Waals surface area contributed by atoms with Crippen molar-refractivity contribution in [3.8, 4) is 0 Å². The number of rotatable bonds is 7. The number of halogens is 1. The summed E-state index contributed by atoms with van der Waals surface area (Å²) in [6, 6.07) is 13.6. The molecule has 2 aliphatic heterocycles. The molecule has 0 saturated carbocycles. The lowest BCUT2D eigenvalue weighted by atomic mass is 9.89. The molecule has 7 heteroatoms. The Hall–Kier alpha value is -2.77. The topological polar surface area (TPSA) is 70.7 Å². The predicted molar refractivity (Wildman–Crippen MR) is 131 cm³/mol. The second-order valence-electron chi connectivity index (χ2n) is 9.56. The van der Waals surface area contributed by atoms with E-state index in [2.05, 4.69) is 15.5 Å². The van der Waals surface area contributed by atoms with Crippen LogP contribution in [0, 0.1) is 17.7 Å². The Kier molecular flexibility index (Phi) is 8.29. The van der Waals surface area contributed by atoms with Crippen LogP contribution in [0.1, 0.15) is 42.1 Å². The average Bonchev–Trinajstić information content (AvgIpc) is 2.82. The lowest BCUT2D eigenvalue weighted by Crippen LogP contribution is -2.51. The van der Waals surface area contributed by atoms with Crippen molar-refractivity contribution >= 4 is 17.5 Å². The van der Waals surface area contributed by atoms with Gasteiger partial charge in [-0.2, -0.15) is 0 Å². The highest BCUT2D eigenvalue weighted by molar-refractivity contribution is 5.96. The minimum atomic E-state index is -0.259. The van der Waals surface area contributed by atoms with Crippen molar-refractivity contribution in [3.05, 3.63) is 65.5 Å². The van der Waals surface area contributed by atoms with E-state index < -0.39 is 0 Å². The molecule has 2 N–H and O–H groups in total. The van der Waals surface area contributed by atoms with Crippen LogP contribution in [0.4, 0.5) is 14.9 Å². The van der Waals surface area contributed by atoms with Gasteiger partial charge in [-0.15, -0.1) is 0 Å². The fourth-order valence-corrected chi connectivity index (χ4v) is 5.09. The summed E-state index contributed by atoms with van der Waals surface area (Å²) >= 11 is 0. The average molecular weight is 468 g/mol. The van der Waals surface area contributed by atoms with Gasteiger partial charge in [0.1, 0.15) is 5.82 Å². The fraction of sp³-hybridized carbons (Fsp3) is 0.481. The van der Waals surface area contributed by atoms with Crippen molar-refractivity contribution in [2.45, 2.75) is 38.6 Å². The number of likely N-dealkylation sites (tertiary alicyclic amines) is 1. The SMILES string of the molecule is CC(=O)c1cccc(NC(=O)N[C@@H]2CCOC[C@@H]2CN2CCC[C@@H](Cc3ccc(F)cc3)C2)c1. The Bertz CT molecular complexity index is 981. The number of carbonyl (C=O) groups is 2. The number of hydrogen-bond donors (Lipinski definition) is 2. The molecule has 2 fully saturated rings. The van der Waals surface area contributed by atoms with Gasteiger partial charge in [-0.1, -0.05) is 24.3 Å². The summed E-state index contributed by atoms with van der Waals surface area (Å²) < 4.78 is 19.0. The first-order chi connectivity index (χ1) is 16.5. The number of ketones is 1. The van der Waals surface area contributed by atoms with Gasteiger partial charge in [-0.05, 0) is 74.9 Å². The summed E-state index contributed by atoms with van der Waals surface area (Å²) in [6.07, 6.45) is 4.06. The maximum absolute atomic E-state index is 13.2. The molecule has 0 aromatic heterocycles. The van der Waals surface area contributed by atoms with Gasteiger partial charge >= 0.3 is 6.03 Å². The van der Waals surface area contributed by atoms with E-state index in [4.69, 9.17) is 4.74 Å². The van der Waals surface area contributed by atoms with Crippen LogP contribution in [0.5, 0.6) is 0 Å². The first-order valence-corrected chi connectivity index (χ1v) is 12.2. The number of urea groups is 1. The number of hydrogen-bond acceptors (Lipinski definition) is 4. The van der Waals surface area contributed by atoms with Crippen LogP contribution < -0.4 is 10.6 Å². The molecular weight excluding hydrogens is 433 g/mol. The summed E-state index contributed by atoms with van der Waals surface area (Å²) in [5.74, 6) is 0.535. The summed E-state index contributed by atoms with van der Waals surface area (Å²) in [6.45, 7) is 5.71. The number of anilines is 1. The molecule has 2 aromatic rings. The van der Waals surface area contributed by atoms with Gasteiger partial charge in [-0.25, -0.2) is 9.18 Å². The zero-order valence-electron chi connectivity index (χ0n) is 19.8. The third-order valence-corrected chi connectivity index (χ3v) is 6.85. The number of amides is 2. The van der Waals surface area contributed by atoms with E-state index in [9.17, 15) is 14.0 Å². The maximum atomic E-state index is 13.2. The van der Waals surface area contributed by atoms with Crippen molar-refractivity contribution in [3.63, 3.8) is 0 Å². The molecular formula is C27H34FN3O3. The van der Waals surface area contributed by atoms with Gasteiger partial charge in [0.15, 0.2) is 5.78 Å². The van der Waals surface area contributed by atoms with Crippen LogP contribution in [0.2, 0.25) is 0 Å². The number of carbonyl (C=O) groups excluding carboxylic acids is 2. The van der Waals surface area contributed by atoms with Crippen molar-refractivity contribution < 1.29 is 18.7 Å². The third-order valence-electron chi connectivity index (χ3n) is 6.85. The maximum Gasteiger partial charge on any atom is 0.319 e. The summed E-state index contributed by atoms with van der Waals surface area (Å²) in [4.78, 5) is 26.8. The molecule has 3 atom stereocenters. The standard InChI is InChI=1S/C27H34FN3O3/c1-19(32)22-5-2-6-25(15-22)29-27(33)30-26-11-13-34-18-23(26)17-31-12-3-4-21(16-31)14-20-7-9-24(28)10-8-20/h2,5-10,15,21,23,26H,3-4,11-14,16-18H2,1H3,(H2,29,30,33)/t21-,23-,26+/m0/s1. The van der Waals surface area contributed by atoms with Crippen molar-refractivity contribution in [2.75, 3.05) is 38.2 Å². The Morgan fingerprint density at radius 1 is 1.15 bits per heavy atom. The van der Waals surface area contributed by atoms with Gasteiger partial charge in [0.2, 0.25) is 0 Å². The highest BCUT2D eigenvalue weighted by Crippen LogP contribution is 2.24. The molecule has 0 unspecified atom stereocenters. The zero-order chi connectivity index (χ0) is 23.9. The molecule has 0 bridgehead atoms. The lowest BCUT2D eigenvalue weighted by Gasteiger charge is -2.39. The Labute approximate surface area is 200 Å². The summed E-state index contributed by atoms with van der Waals surface area (Å²) in [5.41, 5.74) is 2.36. The first-order valence-electron chi connectivity index (χ1n) is 12.2. The van der Waals surface area contributed by atoms with E-state index >= 15 is 0 Å². The van der Waals surface area contributed by atoms with E-state index in [1.165, 1.54) is 31.0 Å². The molecule has 34 heavy (non-hydrogen) atoms. The third kappa shape index (κ3) is 6.87. The molecule has 6 nitrogen and oxygen atoms in total. The number of nitrogens with zero attached hydrogens (tertiary/aromatic N) is 1. The van der Waals surface area contributed by atoms with Gasteiger partial charge < -0.3 is 20.3 Å². The van der Waals surface area contributed by atoms with Crippen LogP contribution >= 0.6 is 0 Å². The zero-order valence-corrected chi connectivity index (χ0v) is 19.8. The second-order valence-corrected chi connectivity index (χ2v) is 9.56. The first kappa shape index (κ1) is 24.4. The van der Waals surface area contributed by atoms with E-state index in [1.54, 1.807) is 24.3 Å². The minimum Gasteiger partial charge on any atom is -0.381 e. The number of Topliss-reactive ketones (excluding diaryl/α,β-unsaturated/α-hetero) is 1. The largest absolute Gasteiger partial charge is 0.381 e. The Balaban J connectivity index is 1.30. The van der Waals surface area contributed by atoms with E-state index in [1.807, 2.05) is 12.1 Å². The van der Waals surface area contributed by atoms with Crippen LogP contribution in [0.15, 0.2) is 48.5 Å². The molecule has 2 heterocycles. The van der Waals surface area contributed by atoms with Gasteiger partial charge in [-0.3, -0.25) is 4.79 Å². The molecule has 182 valence electrons. The Morgan fingerprint density at radius 2 is 1.97 bits per heavy atom. The normalized spacial score (nSPS) is 23.3. The van der Waals surface area contributed by atoms with Gasteiger partial charge in [0, 0.05) is 42.9 Å². The fourth-order valence-electron chi connectivity index (χ4n) is 5.09. The molecule has 2 saturated heterocycles. The van der Waals surface area contributed by atoms with E-state index in [-0.39, 0.29) is 29.6 Å². The van der Waals surface area contributed by atoms with Gasteiger partial charge in [0.25, 0.3) is 0 Å². The van der Waals surface area contributed by atoms with Crippen LogP contribution in [-0.4, -0.2) is 55.6 Å². The highest BCUT2D eigenvalue weighted by atomic mass is 19.1. The van der Waals surface area contributed by atoms with Crippen LogP contribution in [0.3, 0.4) is 0 Å². The quantitative estimate of drug-likeness (QED) is 0.588. The molecule has 4 rings (SSSR count). The predicted octanol–water partition coefficient (Wildman–Crippen LogP) is 4.51. The van der Waals surface area contributed by atoms with E-state index in [0.717, 1.165) is 38.9 Å². The number of benzene rings is 2. The molecule has 0 radical (unpaired) electrons. The minimum absolute atomic E-state index is 0.0298. The van der Waals surface area contributed by atoms with Crippen LogP contribution in [0.25, 0.3) is 0 Å². The number of ether oxygens (including phenoxy) is 1. The molecule has 2 aliphatic rings. The van der Waals surface area contributed by atoms with Crippen LogP contribution in [-0.2, 0) is 11.2 Å². The smallest absolute Gasteiger partial charge is 0.319 e. The Morgan fingerprint density at radius 3 is 2.76 bits per heavy atom. The van der Waals surface area contributed by atoms with Crippen molar-refractivity contribution in [1.29, 1.82) is 0 Å². The van der Waals surface area contributed by atoms with Crippen molar-refractivity contribution in [2.24, 2.45) is 11.8 Å².